The Morgan fingerprint density at radius 1 is 0.970 bits per heavy atom. The fraction of sp³-hybridized carbons (Fsp3) is 0.259. The van der Waals surface area contributed by atoms with E-state index in [1.807, 2.05) is 62.4 Å². The van der Waals surface area contributed by atoms with Gasteiger partial charge in [-0.1, -0.05) is 60.2 Å². The number of nitrogens with one attached hydrogen (secondary N) is 1. The molecular formula is C27H30N2O4. The summed E-state index contributed by atoms with van der Waals surface area (Å²) in [7, 11) is 1.60. The standard InChI is InChI=1S/C27H30N2O4/c1-4-29(27(32)28-17-20-8-6-5-7-9-20)18-22-14-19(2)10-12-23(22)24-15-21(16-26(30)31)11-13-25(24)33-3/h5-15H,4,16-18H2,1-3H3,(H,28,32)(H,30,31). The van der Waals surface area contributed by atoms with Gasteiger partial charge in [-0.05, 0) is 48.2 Å². The van der Waals surface area contributed by atoms with Crippen molar-refractivity contribution in [2.75, 3.05) is 13.7 Å². The molecule has 0 fully saturated rings. The Balaban J connectivity index is 1.89. The van der Waals surface area contributed by atoms with Crippen LogP contribution in [0.1, 0.15) is 29.2 Å². The van der Waals surface area contributed by atoms with Crippen LogP contribution in [0.25, 0.3) is 11.1 Å². The van der Waals surface area contributed by atoms with Gasteiger partial charge in [0.1, 0.15) is 5.75 Å². The summed E-state index contributed by atoms with van der Waals surface area (Å²) in [5.41, 5.74) is 5.51. The molecule has 3 rings (SSSR count). The Labute approximate surface area is 194 Å². The van der Waals surface area contributed by atoms with Crippen molar-refractivity contribution in [3.05, 3.63) is 89.0 Å². The van der Waals surface area contributed by atoms with Gasteiger partial charge >= 0.3 is 12.0 Å². The van der Waals surface area contributed by atoms with Crippen molar-refractivity contribution in [3.63, 3.8) is 0 Å². The maximum atomic E-state index is 12.9. The first kappa shape index (κ1) is 23.9. The van der Waals surface area contributed by atoms with E-state index in [1.165, 1.54) is 0 Å². The second-order valence-electron chi connectivity index (χ2n) is 7.92. The van der Waals surface area contributed by atoms with Crippen molar-refractivity contribution in [2.45, 2.75) is 33.4 Å². The molecule has 172 valence electrons. The highest BCUT2D eigenvalue weighted by molar-refractivity contribution is 5.78. The fourth-order valence-corrected chi connectivity index (χ4v) is 3.78. The van der Waals surface area contributed by atoms with Gasteiger partial charge in [0.15, 0.2) is 0 Å². The average molecular weight is 447 g/mol. The number of carbonyl (C=O) groups excluding carboxylic acids is 1. The number of carbonyl (C=O) groups is 2. The summed E-state index contributed by atoms with van der Waals surface area (Å²) in [6.07, 6.45) is -0.0683. The molecule has 0 heterocycles. The smallest absolute Gasteiger partial charge is 0.317 e. The molecule has 0 radical (unpaired) electrons. The molecular weight excluding hydrogens is 416 g/mol. The maximum Gasteiger partial charge on any atom is 0.317 e. The molecule has 0 aromatic heterocycles. The van der Waals surface area contributed by atoms with Crippen LogP contribution in [0.4, 0.5) is 4.79 Å². The van der Waals surface area contributed by atoms with Gasteiger partial charge in [0.2, 0.25) is 0 Å². The van der Waals surface area contributed by atoms with Crippen molar-refractivity contribution in [3.8, 4) is 16.9 Å². The summed E-state index contributed by atoms with van der Waals surface area (Å²) in [4.78, 5) is 25.9. The summed E-state index contributed by atoms with van der Waals surface area (Å²) in [6, 6.07) is 21.1. The van der Waals surface area contributed by atoms with E-state index in [2.05, 4.69) is 11.4 Å². The Hall–Kier alpha value is -3.80. The SMILES string of the molecule is CCN(Cc1cc(C)ccc1-c1cc(CC(=O)O)ccc1OC)C(=O)NCc1ccccc1. The third kappa shape index (κ3) is 6.35. The Kier molecular flexibility index (Phi) is 8.08. The first-order valence-electron chi connectivity index (χ1n) is 11.0. The molecule has 2 amide bonds. The molecule has 0 saturated heterocycles. The van der Waals surface area contributed by atoms with Crippen LogP contribution in [0.15, 0.2) is 66.7 Å². The largest absolute Gasteiger partial charge is 0.496 e. The molecule has 0 aliphatic carbocycles. The summed E-state index contributed by atoms with van der Waals surface area (Å²) in [5, 5.41) is 12.2. The number of carboxylic acid groups (broad SMARTS) is 1. The Morgan fingerprint density at radius 3 is 2.39 bits per heavy atom. The van der Waals surface area contributed by atoms with Crippen LogP contribution in [0, 0.1) is 6.92 Å². The predicted octanol–water partition coefficient (Wildman–Crippen LogP) is 5.03. The van der Waals surface area contributed by atoms with Crippen LogP contribution in [0.3, 0.4) is 0 Å². The van der Waals surface area contributed by atoms with Crippen LogP contribution >= 0.6 is 0 Å². The maximum absolute atomic E-state index is 12.9. The predicted molar refractivity (Wildman–Crippen MR) is 129 cm³/mol. The quantitative estimate of drug-likeness (QED) is 0.483. The molecule has 33 heavy (non-hydrogen) atoms. The molecule has 0 aliphatic heterocycles. The first-order valence-corrected chi connectivity index (χ1v) is 11.0. The molecule has 0 spiro atoms. The van der Waals surface area contributed by atoms with Gasteiger partial charge in [-0.2, -0.15) is 0 Å². The Bertz CT molecular complexity index is 1110. The summed E-state index contributed by atoms with van der Waals surface area (Å²) < 4.78 is 5.57. The van der Waals surface area contributed by atoms with Crippen molar-refractivity contribution >= 4 is 12.0 Å². The summed E-state index contributed by atoms with van der Waals surface area (Å²) in [6.45, 7) is 5.38. The van der Waals surface area contributed by atoms with E-state index in [-0.39, 0.29) is 12.5 Å². The monoisotopic (exact) mass is 446 g/mol. The number of aryl methyl sites for hydroxylation is 1. The molecule has 6 heteroatoms. The number of aliphatic carboxylic acids is 1. The molecule has 3 aromatic carbocycles. The number of carboxylic acids is 1. The lowest BCUT2D eigenvalue weighted by atomic mass is 9.94. The van der Waals surface area contributed by atoms with Crippen LogP contribution < -0.4 is 10.1 Å². The van der Waals surface area contributed by atoms with E-state index in [4.69, 9.17) is 4.74 Å². The van der Waals surface area contributed by atoms with Gasteiger partial charge in [-0.25, -0.2) is 4.79 Å². The van der Waals surface area contributed by atoms with Crippen LogP contribution in [-0.4, -0.2) is 35.7 Å². The van der Waals surface area contributed by atoms with Gasteiger partial charge in [-0.15, -0.1) is 0 Å². The van der Waals surface area contributed by atoms with E-state index in [0.717, 1.165) is 27.8 Å². The zero-order chi connectivity index (χ0) is 23.8. The number of benzene rings is 3. The van der Waals surface area contributed by atoms with E-state index < -0.39 is 5.97 Å². The van der Waals surface area contributed by atoms with Crippen molar-refractivity contribution in [2.24, 2.45) is 0 Å². The fourth-order valence-electron chi connectivity index (χ4n) is 3.78. The van der Waals surface area contributed by atoms with E-state index in [0.29, 0.717) is 30.9 Å². The number of nitrogens with zero attached hydrogens (tertiary/aromatic N) is 1. The number of amides is 2. The van der Waals surface area contributed by atoms with E-state index >= 15 is 0 Å². The topological polar surface area (TPSA) is 78.9 Å². The van der Waals surface area contributed by atoms with Crippen LogP contribution in [-0.2, 0) is 24.3 Å². The number of rotatable bonds is 9. The highest BCUT2D eigenvalue weighted by Gasteiger charge is 2.17. The second-order valence-corrected chi connectivity index (χ2v) is 7.92. The second kappa shape index (κ2) is 11.2. The van der Waals surface area contributed by atoms with E-state index in [1.54, 1.807) is 24.1 Å². The normalized spacial score (nSPS) is 10.5. The minimum Gasteiger partial charge on any atom is -0.496 e. The van der Waals surface area contributed by atoms with Gasteiger partial charge in [-0.3, -0.25) is 4.79 Å². The molecule has 0 atom stereocenters. The third-order valence-corrected chi connectivity index (χ3v) is 5.49. The lowest BCUT2D eigenvalue weighted by molar-refractivity contribution is -0.136. The van der Waals surface area contributed by atoms with Gasteiger partial charge in [0, 0.05) is 25.2 Å². The zero-order valence-corrected chi connectivity index (χ0v) is 19.3. The van der Waals surface area contributed by atoms with Crippen LogP contribution in [0.5, 0.6) is 5.75 Å². The highest BCUT2D eigenvalue weighted by Crippen LogP contribution is 2.34. The summed E-state index contributed by atoms with van der Waals surface area (Å²) >= 11 is 0. The molecule has 3 aromatic rings. The number of ether oxygens (including phenoxy) is 1. The molecule has 2 N–H and O–H groups in total. The first-order chi connectivity index (χ1) is 15.9. The van der Waals surface area contributed by atoms with Gasteiger partial charge in [0.05, 0.1) is 13.5 Å². The lowest BCUT2D eigenvalue weighted by Crippen LogP contribution is -2.39. The molecule has 6 nitrogen and oxygen atoms in total. The third-order valence-electron chi connectivity index (χ3n) is 5.49. The van der Waals surface area contributed by atoms with Crippen LogP contribution in [0.2, 0.25) is 0 Å². The average Bonchev–Trinajstić information content (AvgIpc) is 2.81. The minimum atomic E-state index is -0.887. The van der Waals surface area contributed by atoms with Crippen molar-refractivity contribution in [1.82, 2.24) is 10.2 Å². The minimum absolute atomic E-state index is 0.0683. The number of methoxy groups -OCH3 is 1. The Morgan fingerprint density at radius 2 is 1.73 bits per heavy atom. The highest BCUT2D eigenvalue weighted by atomic mass is 16.5. The van der Waals surface area contributed by atoms with E-state index in [9.17, 15) is 14.7 Å². The lowest BCUT2D eigenvalue weighted by Gasteiger charge is -2.24. The molecule has 0 unspecified atom stereocenters. The van der Waals surface area contributed by atoms with Crippen molar-refractivity contribution < 1.29 is 19.4 Å². The molecule has 0 bridgehead atoms. The van der Waals surface area contributed by atoms with Gasteiger partial charge in [0.25, 0.3) is 0 Å². The zero-order valence-electron chi connectivity index (χ0n) is 19.3. The number of hydrogen-bond acceptors (Lipinski definition) is 3. The molecule has 0 saturated carbocycles. The van der Waals surface area contributed by atoms with Gasteiger partial charge < -0.3 is 20.1 Å². The summed E-state index contributed by atoms with van der Waals surface area (Å²) in [5.74, 6) is -0.228. The van der Waals surface area contributed by atoms with Crippen molar-refractivity contribution in [1.29, 1.82) is 0 Å². The number of hydrogen-bond donors (Lipinski definition) is 2. The molecule has 0 aliphatic rings. The number of urea groups is 1.